The fourth-order valence-corrected chi connectivity index (χ4v) is 4.34. The quantitative estimate of drug-likeness (QED) is 0.320. The van der Waals surface area contributed by atoms with Crippen LogP contribution in [0.5, 0.6) is 0 Å². The van der Waals surface area contributed by atoms with Gasteiger partial charge in [0.2, 0.25) is 0 Å². The van der Waals surface area contributed by atoms with Gasteiger partial charge in [0.15, 0.2) is 5.96 Å². The smallest absolute Gasteiger partial charge is 0.191 e. The minimum absolute atomic E-state index is 0. The maximum Gasteiger partial charge on any atom is 0.191 e. The van der Waals surface area contributed by atoms with Crippen LogP contribution in [0, 0.1) is 5.92 Å². The molecule has 7 heteroatoms. The van der Waals surface area contributed by atoms with Gasteiger partial charge in [-0.05, 0) is 25.7 Å². The number of rotatable bonds is 7. The third kappa shape index (κ3) is 8.95. The Balaban J connectivity index is 0.00000392. The van der Waals surface area contributed by atoms with Gasteiger partial charge in [-0.15, -0.1) is 35.3 Å². The molecule has 0 radical (unpaired) electrons. The SMILES string of the molecule is CCNC(=NCCc1nc(C(C)(C)C)cs1)NC1CCN(CC(C)C)CC1.I. The van der Waals surface area contributed by atoms with Crippen molar-refractivity contribution in [2.45, 2.75) is 72.3 Å². The topological polar surface area (TPSA) is 52.6 Å². The zero-order valence-corrected chi connectivity index (χ0v) is 21.7. The van der Waals surface area contributed by atoms with Crippen LogP contribution < -0.4 is 10.6 Å². The second kappa shape index (κ2) is 12.3. The summed E-state index contributed by atoms with van der Waals surface area (Å²) in [6, 6.07) is 0.526. The van der Waals surface area contributed by atoms with Gasteiger partial charge >= 0.3 is 0 Å². The highest BCUT2D eigenvalue weighted by Crippen LogP contribution is 2.24. The zero-order valence-electron chi connectivity index (χ0n) is 18.5. The van der Waals surface area contributed by atoms with Crippen molar-refractivity contribution in [1.82, 2.24) is 20.5 Å². The summed E-state index contributed by atoms with van der Waals surface area (Å²) in [5.74, 6) is 1.70. The number of hydrogen-bond donors (Lipinski definition) is 2. The lowest BCUT2D eigenvalue weighted by Crippen LogP contribution is -2.49. The molecule has 2 rings (SSSR count). The maximum absolute atomic E-state index is 4.79. The number of nitrogens with zero attached hydrogens (tertiary/aromatic N) is 3. The summed E-state index contributed by atoms with van der Waals surface area (Å²) >= 11 is 1.76. The third-order valence-corrected chi connectivity index (χ3v) is 5.72. The largest absolute Gasteiger partial charge is 0.357 e. The number of halogens is 1. The van der Waals surface area contributed by atoms with Crippen LogP contribution in [0.4, 0.5) is 0 Å². The molecule has 2 N–H and O–H groups in total. The first-order valence-electron chi connectivity index (χ1n) is 10.5. The van der Waals surface area contributed by atoms with Crippen molar-refractivity contribution < 1.29 is 0 Å². The number of hydrogen-bond acceptors (Lipinski definition) is 4. The van der Waals surface area contributed by atoms with Gasteiger partial charge in [0.1, 0.15) is 0 Å². The Morgan fingerprint density at radius 3 is 2.54 bits per heavy atom. The Hall–Kier alpha value is -0.410. The van der Waals surface area contributed by atoms with E-state index in [9.17, 15) is 0 Å². The van der Waals surface area contributed by atoms with E-state index < -0.39 is 0 Å². The monoisotopic (exact) mass is 521 g/mol. The summed E-state index contributed by atoms with van der Waals surface area (Å²) in [7, 11) is 0. The normalized spacial score (nSPS) is 16.9. The van der Waals surface area contributed by atoms with Gasteiger partial charge in [0.25, 0.3) is 0 Å². The molecule has 1 aliphatic rings. The van der Waals surface area contributed by atoms with Crippen molar-refractivity contribution in [3.63, 3.8) is 0 Å². The van der Waals surface area contributed by atoms with Crippen molar-refractivity contribution >= 4 is 41.3 Å². The van der Waals surface area contributed by atoms with Crippen LogP contribution in [-0.2, 0) is 11.8 Å². The molecule has 1 aliphatic heterocycles. The van der Waals surface area contributed by atoms with Crippen LogP contribution >= 0.6 is 35.3 Å². The molecule has 1 aromatic rings. The Bertz CT molecular complexity index is 586. The molecule has 5 nitrogen and oxygen atoms in total. The van der Waals surface area contributed by atoms with Gasteiger partial charge in [0, 0.05) is 56.0 Å². The van der Waals surface area contributed by atoms with Crippen LogP contribution in [-0.4, -0.2) is 54.6 Å². The number of piperidine rings is 1. The molecule has 0 saturated carbocycles. The zero-order chi connectivity index (χ0) is 19.9. The van der Waals surface area contributed by atoms with Crippen LogP contribution in [0.25, 0.3) is 0 Å². The lowest BCUT2D eigenvalue weighted by Gasteiger charge is -2.34. The van der Waals surface area contributed by atoms with Gasteiger partial charge in [-0.25, -0.2) is 4.98 Å². The Kier molecular flexibility index (Phi) is 11.3. The minimum atomic E-state index is 0. The molecule has 0 bridgehead atoms. The predicted molar refractivity (Wildman–Crippen MR) is 133 cm³/mol. The highest BCUT2D eigenvalue weighted by atomic mass is 127. The molecule has 162 valence electrons. The Morgan fingerprint density at radius 1 is 1.32 bits per heavy atom. The average Bonchev–Trinajstić information content (AvgIpc) is 3.05. The molecule has 0 unspecified atom stereocenters. The second-order valence-corrected chi connectivity index (χ2v) is 9.94. The lowest BCUT2D eigenvalue weighted by molar-refractivity contribution is 0.187. The molecule has 0 aliphatic carbocycles. The first kappa shape index (κ1) is 25.6. The number of thiazole rings is 1. The molecular weight excluding hydrogens is 481 g/mol. The Morgan fingerprint density at radius 2 is 2.00 bits per heavy atom. The lowest BCUT2D eigenvalue weighted by atomic mass is 9.93. The van der Waals surface area contributed by atoms with E-state index in [0.29, 0.717) is 6.04 Å². The Labute approximate surface area is 193 Å². The van der Waals surface area contributed by atoms with Crippen LogP contribution in [0.3, 0.4) is 0 Å². The van der Waals surface area contributed by atoms with Crippen LogP contribution in [0.1, 0.15) is 65.1 Å². The molecule has 0 atom stereocenters. The summed E-state index contributed by atoms with van der Waals surface area (Å²) < 4.78 is 0. The number of guanidine groups is 1. The number of nitrogens with one attached hydrogen (secondary N) is 2. The first-order valence-corrected chi connectivity index (χ1v) is 11.4. The standard InChI is InChI=1S/C21H39N5S.HI/c1-7-22-20(24-17-9-12-26(13-10-17)14-16(2)3)23-11-8-19-25-18(15-27-19)21(4,5)6;/h15-17H,7-14H2,1-6H3,(H2,22,23,24);1H. The van der Waals surface area contributed by atoms with Crippen LogP contribution in [0.15, 0.2) is 10.4 Å². The van der Waals surface area contributed by atoms with E-state index >= 15 is 0 Å². The highest BCUT2D eigenvalue weighted by Gasteiger charge is 2.20. The molecule has 2 heterocycles. The van der Waals surface area contributed by atoms with Gasteiger partial charge in [0.05, 0.1) is 10.7 Å². The second-order valence-electron chi connectivity index (χ2n) is 9.00. The van der Waals surface area contributed by atoms with Crippen molar-refractivity contribution in [3.05, 3.63) is 16.1 Å². The van der Waals surface area contributed by atoms with Crippen molar-refractivity contribution in [1.29, 1.82) is 0 Å². The van der Waals surface area contributed by atoms with E-state index in [1.54, 1.807) is 11.3 Å². The average molecular weight is 522 g/mol. The van der Waals surface area contributed by atoms with E-state index in [4.69, 9.17) is 9.98 Å². The van der Waals surface area contributed by atoms with Crippen LogP contribution in [0.2, 0.25) is 0 Å². The van der Waals surface area contributed by atoms with Crippen molar-refractivity contribution in [2.75, 3.05) is 32.7 Å². The molecule has 0 aromatic carbocycles. The van der Waals surface area contributed by atoms with E-state index in [1.165, 1.54) is 43.2 Å². The number of aliphatic imine (C=N–C) groups is 1. The third-order valence-electron chi connectivity index (χ3n) is 4.81. The van der Waals surface area contributed by atoms with E-state index in [1.807, 2.05) is 0 Å². The van der Waals surface area contributed by atoms with E-state index in [0.717, 1.165) is 31.4 Å². The summed E-state index contributed by atoms with van der Waals surface area (Å²) in [5.41, 5.74) is 1.31. The molecule has 1 aromatic heterocycles. The molecule has 1 saturated heterocycles. The molecule has 0 spiro atoms. The predicted octanol–water partition coefficient (Wildman–Crippen LogP) is 4.28. The fraction of sp³-hybridized carbons (Fsp3) is 0.810. The van der Waals surface area contributed by atoms with Gasteiger partial charge in [-0.3, -0.25) is 4.99 Å². The summed E-state index contributed by atoms with van der Waals surface area (Å²) in [5, 5.41) is 10.4. The van der Waals surface area contributed by atoms with Crippen molar-refractivity contribution in [3.8, 4) is 0 Å². The van der Waals surface area contributed by atoms with E-state index in [-0.39, 0.29) is 29.4 Å². The van der Waals surface area contributed by atoms with Gasteiger partial charge in [-0.1, -0.05) is 34.6 Å². The molecule has 28 heavy (non-hydrogen) atoms. The summed E-state index contributed by atoms with van der Waals surface area (Å²) in [6.07, 6.45) is 3.29. The molecular formula is C21H40IN5S. The van der Waals surface area contributed by atoms with Crippen molar-refractivity contribution in [2.24, 2.45) is 10.9 Å². The molecule has 0 amide bonds. The highest BCUT2D eigenvalue weighted by molar-refractivity contribution is 14.0. The molecule has 1 fully saturated rings. The number of aromatic nitrogens is 1. The van der Waals surface area contributed by atoms with Gasteiger partial charge in [-0.2, -0.15) is 0 Å². The minimum Gasteiger partial charge on any atom is -0.357 e. The van der Waals surface area contributed by atoms with E-state index in [2.05, 4.69) is 62.5 Å². The maximum atomic E-state index is 4.79. The first-order chi connectivity index (χ1) is 12.8. The number of likely N-dealkylation sites (tertiary alicyclic amines) is 1. The summed E-state index contributed by atoms with van der Waals surface area (Å²) in [6.45, 7) is 18.6. The van der Waals surface area contributed by atoms with Gasteiger partial charge < -0.3 is 15.5 Å². The fourth-order valence-electron chi connectivity index (χ4n) is 3.32. The summed E-state index contributed by atoms with van der Waals surface area (Å²) in [4.78, 5) is 12.1.